The predicted molar refractivity (Wildman–Crippen MR) is 143 cm³/mol. The first kappa shape index (κ1) is 24.8. The van der Waals surface area contributed by atoms with Gasteiger partial charge in [-0.3, -0.25) is 4.79 Å². The number of halogens is 1. The van der Waals surface area contributed by atoms with Gasteiger partial charge in [-0.15, -0.1) is 0 Å². The number of amides is 1. The number of nitrogens with zero attached hydrogens (tertiary/aromatic N) is 2. The zero-order chi connectivity index (χ0) is 25.8. The Balaban J connectivity index is 1.52. The van der Waals surface area contributed by atoms with E-state index in [1.165, 1.54) is 24.3 Å². The largest absolute Gasteiger partial charge is 0.494 e. The molecule has 2 atom stereocenters. The van der Waals surface area contributed by atoms with Gasteiger partial charge in [0.2, 0.25) is 0 Å². The SMILES string of the molecule is CCOc1ccc(/C=C2\CCC[C@@H]3C2=NN(C(=O)c2ccc(F)cc2)[C@@H]3c2ccc(OCC)cc2)cc1. The highest BCUT2D eigenvalue weighted by Gasteiger charge is 2.44. The molecule has 0 aromatic heterocycles. The zero-order valence-electron chi connectivity index (χ0n) is 21.2. The van der Waals surface area contributed by atoms with Gasteiger partial charge in [-0.05, 0) is 104 Å². The molecule has 3 aromatic carbocycles. The lowest BCUT2D eigenvalue weighted by molar-refractivity contribution is 0.0681. The summed E-state index contributed by atoms with van der Waals surface area (Å²) < 4.78 is 24.8. The van der Waals surface area contributed by atoms with Gasteiger partial charge in [0.1, 0.15) is 17.3 Å². The number of carbonyl (C=O) groups excluding carboxylic acids is 1. The van der Waals surface area contributed by atoms with Crippen LogP contribution < -0.4 is 9.47 Å². The van der Waals surface area contributed by atoms with E-state index in [2.05, 4.69) is 6.08 Å². The third-order valence-electron chi connectivity index (χ3n) is 6.87. The molecule has 5 nitrogen and oxygen atoms in total. The van der Waals surface area contributed by atoms with Crippen molar-refractivity contribution in [1.82, 2.24) is 5.01 Å². The summed E-state index contributed by atoms with van der Waals surface area (Å²) in [5.74, 6) is 1.10. The van der Waals surface area contributed by atoms with Crippen LogP contribution in [0.1, 0.15) is 60.6 Å². The van der Waals surface area contributed by atoms with Crippen molar-refractivity contribution in [3.8, 4) is 11.5 Å². The quantitative estimate of drug-likeness (QED) is 0.350. The topological polar surface area (TPSA) is 51.1 Å². The highest BCUT2D eigenvalue weighted by molar-refractivity contribution is 6.09. The van der Waals surface area contributed by atoms with Crippen LogP contribution in [0.2, 0.25) is 0 Å². The molecule has 0 saturated heterocycles. The second-order valence-electron chi connectivity index (χ2n) is 9.26. The first-order valence-corrected chi connectivity index (χ1v) is 12.9. The second kappa shape index (κ2) is 11.0. The number of ether oxygens (including phenoxy) is 2. The molecule has 37 heavy (non-hydrogen) atoms. The average molecular weight is 499 g/mol. The van der Waals surface area contributed by atoms with E-state index in [4.69, 9.17) is 14.6 Å². The van der Waals surface area contributed by atoms with Gasteiger partial charge >= 0.3 is 0 Å². The molecule has 3 aromatic rings. The second-order valence-corrected chi connectivity index (χ2v) is 9.26. The lowest BCUT2D eigenvalue weighted by Crippen LogP contribution is -2.31. The third-order valence-corrected chi connectivity index (χ3v) is 6.87. The molecule has 1 aliphatic carbocycles. The number of carbonyl (C=O) groups is 1. The van der Waals surface area contributed by atoms with Gasteiger partial charge in [0.25, 0.3) is 5.91 Å². The highest BCUT2D eigenvalue weighted by atomic mass is 19.1. The van der Waals surface area contributed by atoms with Crippen molar-refractivity contribution in [1.29, 1.82) is 0 Å². The van der Waals surface area contributed by atoms with Gasteiger partial charge in [0.05, 0.1) is 25.0 Å². The van der Waals surface area contributed by atoms with E-state index < -0.39 is 0 Å². The fraction of sp³-hybridized carbons (Fsp3) is 0.290. The minimum absolute atomic E-state index is 0.0741. The van der Waals surface area contributed by atoms with Crippen LogP contribution in [0.4, 0.5) is 4.39 Å². The Kier molecular flexibility index (Phi) is 7.35. The summed E-state index contributed by atoms with van der Waals surface area (Å²) in [5.41, 5.74) is 4.59. The first-order chi connectivity index (χ1) is 18.1. The Morgan fingerprint density at radius 2 is 1.57 bits per heavy atom. The molecule has 1 heterocycles. The summed E-state index contributed by atoms with van der Waals surface area (Å²) in [6, 6.07) is 21.4. The Hall–Kier alpha value is -3.93. The van der Waals surface area contributed by atoms with Gasteiger partial charge < -0.3 is 9.47 Å². The first-order valence-electron chi connectivity index (χ1n) is 12.9. The van der Waals surface area contributed by atoms with E-state index >= 15 is 0 Å². The molecule has 0 N–H and O–H groups in total. The smallest absolute Gasteiger partial charge is 0.274 e. The van der Waals surface area contributed by atoms with Crippen LogP contribution in [-0.2, 0) is 0 Å². The summed E-state index contributed by atoms with van der Waals surface area (Å²) in [7, 11) is 0. The lowest BCUT2D eigenvalue weighted by atomic mass is 9.77. The van der Waals surface area contributed by atoms with Crippen molar-refractivity contribution >= 4 is 17.7 Å². The summed E-state index contributed by atoms with van der Waals surface area (Å²) in [4.78, 5) is 13.7. The lowest BCUT2D eigenvalue weighted by Gasteiger charge is -2.29. The van der Waals surface area contributed by atoms with Crippen LogP contribution in [0.3, 0.4) is 0 Å². The molecule has 190 valence electrons. The van der Waals surface area contributed by atoms with E-state index in [1.807, 2.05) is 62.4 Å². The number of rotatable bonds is 7. The molecular weight excluding hydrogens is 467 g/mol. The number of hydrogen-bond acceptors (Lipinski definition) is 4. The third kappa shape index (κ3) is 5.29. The van der Waals surface area contributed by atoms with E-state index in [0.717, 1.165) is 53.2 Å². The van der Waals surface area contributed by atoms with Gasteiger partial charge in [0, 0.05) is 11.5 Å². The number of allylic oxidation sites excluding steroid dienone is 1. The Morgan fingerprint density at radius 3 is 2.19 bits per heavy atom. The number of benzene rings is 3. The average Bonchev–Trinajstić information content (AvgIpc) is 3.31. The molecule has 0 bridgehead atoms. The van der Waals surface area contributed by atoms with Crippen LogP contribution in [-0.4, -0.2) is 29.8 Å². The van der Waals surface area contributed by atoms with Crippen molar-refractivity contribution in [2.75, 3.05) is 13.2 Å². The van der Waals surface area contributed by atoms with E-state index in [9.17, 15) is 9.18 Å². The monoisotopic (exact) mass is 498 g/mol. The van der Waals surface area contributed by atoms with Crippen molar-refractivity contribution in [3.63, 3.8) is 0 Å². The normalized spacial score (nSPS) is 19.9. The molecule has 0 radical (unpaired) electrons. The minimum Gasteiger partial charge on any atom is -0.494 e. The van der Waals surface area contributed by atoms with Crippen molar-refractivity contribution in [3.05, 3.63) is 101 Å². The molecule has 5 rings (SSSR count). The Morgan fingerprint density at radius 1 is 0.946 bits per heavy atom. The van der Waals surface area contributed by atoms with Gasteiger partial charge in [-0.25, -0.2) is 9.40 Å². The van der Waals surface area contributed by atoms with Gasteiger partial charge in [-0.2, -0.15) is 5.10 Å². The van der Waals surface area contributed by atoms with Crippen LogP contribution >= 0.6 is 0 Å². The Bertz CT molecular complexity index is 1300. The zero-order valence-corrected chi connectivity index (χ0v) is 21.2. The van der Waals surface area contributed by atoms with Crippen LogP contribution in [0.15, 0.2) is 83.5 Å². The molecule has 1 amide bonds. The molecule has 0 spiro atoms. The molecule has 2 aliphatic rings. The van der Waals surface area contributed by atoms with Crippen molar-refractivity contribution in [2.24, 2.45) is 11.0 Å². The summed E-state index contributed by atoms with van der Waals surface area (Å²) in [5, 5.41) is 6.53. The number of fused-ring (bicyclic) bond motifs is 1. The maximum absolute atomic E-state index is 13.7. The fourth-order valence-electron chi connectivity index (χ4n) is 5.18. The summed E-state index contributed by atoms with van der Waals surface area (Å²) in [6.07, 6.45) is 5.02. The van der Waals surface area contributed by atoms with Crippen molar-refractivity contribution in [2.45, 2.75) is 39.2 Å². The minimum atomic E-state index is -0.374. The van der Waals surface area contributed by atoms with Gasteiger partial charge in [0.15, 0.2) is 0 Å². The summed E-state index contributed by atoms with van der Waals surface area (Å²) >= 11 is 0. The van der Waals surface area contributed by atoms with E-state index in [0.29, 0.717) is 18.8 Å². The molecule has 1 saturated carbocycles. The maximum atomic E-state index is 13.7. The van der Waals surface area contributed by atoms with Gasteiger partial charge in [-0.1, -0.05) is 24.3 Å². The van der Waals surface area contributed by atoms with Crippen molar-refractivity contribution < 1.29 is 18.7 Å². The predicted octanol–water partition coefficient (Wildman–Crippen LogP) is 7.06. The molecule has 1 fully saturated rings. The Labute approximate surface area is 217 Å². The molecule has 6 heteroatoms. The summed E-state index contributed by atoms with van der Waals surface area (Å²) in [6.45, 7) is 5.14. The highest BCUT2D eigenvalue weighted by Crippen LogP contribution is 2.45. The molecular formula is C31H31FN2O3. The van der Waals surface area contributed by atoms with Crippen LogP contribution in [0, 0.1) is 11.7 Å². The van der Waals surface area contributed by atoms with E-state index in [1.54, 1.807) is 5.01 Å². The van der Waals surface area contributed by atoms with E-state index in [-0.39, 0.29) is 23.7 Å². The molecule has 1 aliphatic heterocycles. The standard InChI is InChI=1S/C31H31FN2O3/c1-3-36-26-16-8-21(9-17-26)20-24-6-5-7-28-29(24)33-34(31(35)23-10-14-25(32)15-11-23)30(28)22-12-18-27(19-13-22)37-4-2/h8-20,28,30H,3-7H2,1-2H3/b24-20+/t28-,30-/m1/s1. The van der Waals surface area contributed by atoms with Crippen LogP contribution in [0.5, 0.6) is 11.5 Å². The fourth-order valence-corrected chi connectivity index (χ4v) is 5.18. The maximum Gasteiger partial charge on any atom is 0.274 e. The number of hydrogen-bond donors (Lipinski definition) is 0. The molecule has 0 unspecified atom stereocenters. The van der Waals surface area contributed by atoms with Crippen LogP contribution in [0.25, 0.3) is 6.08 Å². The number of hydrazone groups is 1.